The average molecular weight is 206 g/mol. The van der Waals surface area contributed by atoms with E-state index in [1.54, 1.807) is 0 Å². The molecule has 0 spiro atoms. The van der Waals surface area contributed by atoms with Crippen molar-refractivity contribution in [3.63, 3.8) is 0 Å². The normalized spacial score (nSPS) is 22.3. The second-order valence-corrected chi connectivity index (χ2v) is 4.19. The molecule has 80 valence electrons. The Kier molecular flexibility index (Phi) is 3.04. The van der Waals surface area contributed by atoms with Crippen molar-refractivity contribution in [2.24, 2.45) is 16.1 Å². The van der Waals surface area contributed by atoms with E-state index in [9.17, 15) is 9.59 Å². The Morgan fingerprint density at radius 1 is 1.20 bits per heavy atom. The molecule has 0 radical (unpaired) electrons. The number of allylic oxidation sites excluding steroid dienone is 1. The fourth-order valence-electron chi connectivity index (χ4n) is 2.17. The molecule has 0 saturated heterocycles. The second kappa shape index (κ2) is 4.47. The highest BCUT2D eigenvalue weighted by atomic mass is 16.2. The maximum absolute atomic E-state index is 11.0. The van der Waals surface area contributed by atoms with Gasteiger partial charge in [0.1, 0.15) is 0 Å². The average Bonchev–Trinajstić information content (AvgIpc) is 2.73. The smallest absolute Gasteiger partial charge is 0.284 e. The van der Waals surface area contributed by atoms with E-state index in [-0.39, 0.29) is 0 Å². The zero-order chi connectivity index (χ0) is 10.7. The molecule has 0 aromatic heterocycles. The van der Waals surface area contributed by atoms with Crippen molar-refractivity contribution < 1.29 is 9.59 Å². The summed E-state index contributed by atoms with van der Waals surface area (Å²) < 4.78 is 0. The van der Waals surface area contributed by atoms with E-state index in [2.05, 4.69) is 10.2 Å². The molecule has 1 aliphatic heterocycles. The molecule has 1 amide bonds. The minimum absolute atomic E-state index is 0.536. The Labute approximate surface area is 88.5 Å². The molecule has 0 N–H and O–H groups in total. The molecule has 1 aliphatic carbocycles. The van der Waals surface area contributed by atoms with Gasteiger partial charge in [-0.2, -0.15) is 5.11 Å². The van der Waals surface area contributed by atoms with Crippen LogP contribution in [0.4, 0.5) is 0 Å². The fraction of sp³-hybridized carbons (Fsp3) is 0.636. The number of ketones is 1. The predicted octanol–water partition coefficient (Wildman–Crippen LogP) is 2.40. The van der Waals surface area contributed by atoms with Crippen molar-refractivity contribution in [1.29, 1.82) is 0 Å². The first-order valence-corrected chi connectivity index (χ1v) is 5.46. The summed E-state index contributed by atoms with van der Waals surface area (Å²) in [5, 5.41) is 7.04. The number of hydrogen-bond donors (Lipinski definition) is 0. The van der Waals surface area contributed by atoms with E-state index in [1.165, 1.54) is 31.8 Å². The number of amides is 1. The van der Waals surface area contributed by atoms with Gasteiger partial charge in [-0.15, -0.1) is 5.11 Å². The zero-order valence-corrected chi connectivity index (χ0v) is 8.61. The van der Waals surface area contributed by atoms with Gasteiger partial charge < -0.3 is 0 Å². The molecule has 0 aromatic carbocycles. The third-order valence-electron chi connectivity index (χ3n) is 3.06. The number of carbonyl (C=O) groups excluding carboxylic acids is 2. The standard InChI is InChI=1S/C11H14N2O2/c14-10-7-9(12-13-11(10)15)6-5-8-3-1-2-4-8/h7-8H,1-6H2. The third-order valence-corrected chi connectivity index (χ3v) is 3.06. The summed E-state index contributed by atoms with van der Waals surface area (Å²) in [7, 11) is 0. The van der Waals surface area contributed by atoms with E-state index >= 15 is 0 Å². The van der Waals surface area contributed by atoms with Crippen LogP contribution in [0, 0.1) is 5.92 Å². The van der Waals surface area contributed by atoms with Gasteiger partial charge in [-0.05, 0) is 18.8 Å². The number of hydrogen-bond acceptors (Lipinski definition) is 3. The summed E-state index contributed by atoms with van der Waals surface area (Å²) >= 11 is 0. The molecule has 2 aliphatic rings. The monoisotopic (exact) mass is 206 g/mol. The fourth-order valence-corrected chi connectivity index (χ4v) is 2.17. The van der Waals surface area contributed by atoms with Crippen LogP contribution in [0.5, 0.6) is 0 Å². The molecular weight excluding hydrogens is 192 g/mol. The molecule has 1 heterocycles. The van der Waals surface area contributed by atoms with Gasteiger partial charge in [-0.3, -0.25) is 9.59 Å². The largest absolute Gasteiger partial charge is 0.335 e. The van der Waals surface area contributed by atoms with Gasteiger partial charge in [0.25, 0.3) is 0 Å². The summed E-state index contributed by atoms with van der Waals surface area (Å²) in [5.74, 6) is -0.514. The lowest BCUT2D eigenvalue weighted by molar-refractivity contribution is -0.133. The first-order chi connectivity index (χ1) is 7.25. The van der Waals surface area contributed by atoms with Crippen molar-refractivity contribution in [1.82, 2.24) is 0 Å². The number of rotatable bonds is 3. The lowest BCUT2D eigenvalue weighted by Crippen LogP contribution is -2.11. The third kappa shape index (κ3) is 2.58. The first kappa shape index (κ1) is 10.2. The highest BCUT2D eigenvalue weighted by Crippen LogP contribution is 2.30. The molecule has 1 fully saturated rings. The van der Waals surface area contributed by atoms with Gasteiger partial charge in [0.2, 0.25) is 5.78 Å². The molecule has 0 aromatic rings. The molecule has 0 atom stereocenters. The highest BCUT2D eigenvalue weighted by Gasteiger charge is 2.19. The van der Waals surface area contributed by atoms with Gasteiger partial charge in [0, 0.05) is 6.08 Å². The van der Waals surface area contributed by atoms with Crippen LogP contribution in [0.2, 0.25) is 0 Å². The second-order valence-electron chi connectivity index (χ2n) is 4.19. The molecular formula is C11H14N2O2. The topological polar surface area (TPSA) is 58.9 Å². The first-order valence-electron chi connectivity index (χ1n) is 5.46. The maximum atomic E-state index is 11.0. The van der Waals surface area contributed by atoms with Crippen LogP contribution < -0.4 is 0 Å². The lowest BCUT2D eigenvalue weighted by Gasteiger charge is -2.08. The van der Waals surface area contributed by atoms with Crippen molar-refractivity contribution in [3.05, 3.63) is 11.8 Å². The molecule has 4 nitrogen and oxygen atoms in total. The Bertz CT molecular complexity index is 338. The van der Waals surface area contributed by atoms with E-state index in [0.29, 0.717) is 5.70 Å². The predicted molar refractivity (Wildman–Crippen MR) is 54.1 cm³/mol. The van der Waals surface area contributed by atoms with Crippen LogP contribution in [0.3, 0.4) is 0 Å². The van der Waals surface area contributed by atoms with E-state index in [4.69, 9.17) is 0 Å². The highest BCUT2D eigenvalue weighted by molar-refractivity contribution is 6.41. The minimum Gasteiger partial charge on any atom is -0.284 e. The number of carbonyl (C=O) groups is 2. The Balaban J connectivity index is 1.84. The molecule has 2 rings (SSSR count). The molecule has 0 bridgehead atoms. The number of nitrogens with zero attached hydrogens (tertiary/aromatic N) is 2. The SMILES string of the molecule is O=C1C=C(CCC2CCCC2)N=NC1=O. The van der Waals surface area contributed by atoms with Crippen molar-refractivity contribution in [3.8, 4) is 0 Å². The maximum Gasteiger partial charge on any atom is 0.335 e. The number of azo groups is 1. The van der Waals surface area contributed by atoms with Crippen molar-refractivity contribution >= 4 is 11.7 Å². The summed E-state index contributed by atoms with van der Waals surface area (Å²) in [5.41, 5.74) is 0.659. The quantitative estimate of drug-likeness (QED) is 0.666. The van der Waals surface area contributed by atoms with E-state index < -0.39 is 11.7 Å². The summed E-state index contributed by atoms with van der Waals surface area (Å²) in [6.45, 7) is 0. The van der Waals surface area contributed by atoms with Gasteiger partial charge in [-0.1, -0.05) is 25.7 Å². The van der Waals surface area contributed by atoms with Crippen LogP contribution >= 0.6 is 0 Å². The summed E-state index contributed by atoms with van der Waals surface area (Å²) in [6, 6.07) is 0. The minimum atomic E-state index is -0.750. The van der Waals surface area contributed by atoms with E-state index in [1.807, 2.05) is 0 Å². The summed E-state index contributed by atoms with van der Waals surface area (Å²) in [6.07, 6.45) is 8.38. The molecule has 0 unspecified atom stereocenters. The van der Waals surface area contributed by atoms with Crippen LogP contribution in [0.1, 0.15) is 38.5 Å². The van der Waals surface area contributed by atoms with Crippen LogP contribution in [-0.2, 0) is 9.59 Å². The summed E-state index contributed by atoms with van der Waals surface area (Å²) in [4.78, 5) is 21.8. The van der Waals surface area contributed by atoms with Crippen LogP contribution in [-0.4, -0.2) is 11.7 Å². The van der Waals surface area contributed by atoms with Crippen LogP contribution in [0.25, 0.3) is 0 Å². The Hall–Kier alpha value is -1.32. The van der Waals surface area contributed by atoms with E-state index in [0.717, 1.165) is 18.8 Å². The van der Waals surface area contributed by atoms with Crippen LogP contribution in [0.15, 0.2) is 22.0 Å². The van der Waals surface area contributed by atoms with Gasteiger partial charge >= 0.3 is 5.91 Å². The zero-order valence-electron chi connectivity index (χ0n) is 8.61. The molecule has 15 heavy (non-hydrogen) atoms. The van der Waals surface area contributed by atoms with Gasteiger partial charge in [-0.25, -0.2) is 0 Å². The van der Waals surface area contributed by atoms with Crippen molar-refractivity contribution in [2.75, 3.05) is 0 Å². The Morgan fingerprint density at radius 2 is 1.93 bits per heavy atom. The Morgan fingerprint density at radius 3 is 2.60 bits per heavy atom. The van der Waals surface area contributed by atoms with Crippen molar-refractivity contribution in [2.45, 2.75) is 38.5 Å². The van der Waals surface area contributed by atoms with Gasteiger partial charge in [0.05, 0.1) is 5.70 Å². The van der Waals surface area contributed by atoms with Gasteiger partial charge in [0.15, 0.2) is 0 Å². The molecule has 4 heteroatoms. The molecule has 1 saturated carbocycles. The lowest BCUT2D eigenvalue weighted by atomic mass is 10.0.